The lowest BCUT2D eigenvalue weighted by Crippen LogP contribution is -2.34. The third-order valence-corrected chi connectivity index (χ3v) is 3.27. The van der Waals surface area contributed by atoms with E-state index in [1.54, 1.807) is 7.11 Å². The molecule has 2 N–H and O–H groups in total. The molecule has 0 atom stereocenters. The van der Waals surface area contributed by atoms with E-state index >= 15 is 0 Å². The number of methoxy groups -OCH3 is 1. The van der Waals surface area contributed by atoms with E-state index in [0.717, 1.165) is 17.0 Å². The maximum atomic E-state index is 11.9. The topological polar surface area (TPSA) is 50.4 Å². The van der Waals surface area contributed by atoms with E-state index < -0.39 is 0 Å². The molecular weight excluding hydrogens is 296 g/mol. The van der Waals surface area contributed by atoms with Crippen LogP contribution in [0.5, 0.6) is 5.75 Å². The maximum absolute atomic E-state index is 11.9. The molecule has 0 fully saturated rings. The van der Waals surface area contributed by atoms with Gasteiger partial charge in [-0.25, -0.2) is 0 Å². The fourth-order valence-electron chi connectivity index (χ4n) is 1.95. The summed E-state index contributed by atoms with van der Waals surface area (Å²) in [6.07, 6.45) is 1.08. The third kappa shape index (κ3) is 5.18. The van der Waals surface area contributed by atoms with Gasteiger partial charge in [0, 0.05) is 18.2 Å². The van der Waals surface area contributed by atoms with Gasteiger partial charge in [-0.15, -0.1) is 0 Å². The molecule has 0 aliphatic heterocycles. The molecule has 22 heavy (non-hydrogen) atoms. The molecule has 2 rings (SSSR count). The Morgan fingerprint density at radius 2 is 1.91 bits per heavy atom. The van der Waals surface area contributed by atoms with Gasteiger partial charge in [-0.1, -0.05) is 36.4 Å². The molecule has 1 amide bonds. The number of nitrogens with one attached hydrogen (secondary N) is 2. The molecule has 0 heterocycles. The predicted molar refractivity (Wildman–Crippen MR) is 92.1 cm³/mol. The Morgan fingerprint density at radius 1 is 1.14 bits per heavy atom. The average molecular weight is 314 g/mol. The zero-order chi connectivity index (χ0) is 15.8. The molecule has 0 bridgehead atoms. The highest BCUT2D eigenvalue weighted by molar-refractivity contribution is 7.80. The van der Waals surface area contributed by atoms with Crippen molar-refractivity contribution in [3.8, 4) is 5.75 Å². The number of hydrogen-bond donors (Lipinski definition) is 2. The van der Waals surface area contributed by atoms with Crippen LogP contribution in [0.3, 0.4) is 0 Å². The van der Waals surface area contributed by atoms with Crippen LogP contribution in [0, 0.1) is 0 Å². The summed E-state index contributed by atoms with van der Waals surface area (Å²) in [6, 6.07) is 17.2. The second-order valence-electron chi connectivity index (χ2n) is 4.72. The van der Waals surface area contributed by atoms with Gasteiger partial charge in [0.1, 0.15) is 5.75 Å². The van der Waals surface area contributed by atoms with E-state index in [0.29, 0.717) is 12.8 Å². The van der Waals surface area contributed by atoms with Gasteiger partial charge in [-0.3, -0.25) is 4.79 Å². The Hall–Kier alpha value is -2.40. The van der Waals surface area contributed by atoms with Crippen LogP contribution in [0.1, 0.15) is 12.0 Å². The normalized spacial score (nSPS) is 9.86. The van der Waals surface area contributed by atoms with Crippen LogP contribution in [0.15, 0.2) is 54.6 Å². The summed E-state index contributed by atoms with van der Waals surface area (Å²) in [5.74, 6) is 0.618. The van der Waals surface area contributed by atoms with Crippen LogP contribution in [-0.4, -0.2) is 18.1 Å². The minimum absolute atomic E-state index is 0.107. The van der Waals surface area contributed by atoms with Gasteiger partial charge in [-0.2, -0.15) is 0 Å². The van der Waals surface area contributed by atoms with E-state index in [-0.39, 0.29) is 11.0 Å². The second-order valence-corrected chi connectivity index (χ2v) is 5.13. The summed E-state index contributed by atoms with van der Waals surface area (Å²) < 4.78 is 5.13. The number of hydrogen-bond acceptors (Lipinski definition) is 3. The highest BCUT2D eigenvalue weighted by Gasteiger charge is 2.06. The molecular formula is C17H18N2O2S. The van der Waals surface area contributed by atoms with Crippen molar-refractivity contribution in [2.24, 2.45) is 0 Å². The zero-order valence-electron chi connectivity index (χ0n) is 12.3. The van der Waals surface area contributed by atoms with Gasteiger partial charge in [-0.05, 0) is 36.3 Å². The molecule has 0 aliphatic carbocycles. The Kier molecular flexibility index (Phi) is 5.91. The molecule has 0 aliphatic rings. The van der Waals surface area contributed by atoms with Crippen molar-refractivity contribution in [1.29, 1.82) is 0 Å². The molecule has 0 radical (unpaired) electrons. The summed E-state index contributed by atoms with van der Waals surface area (Å²) in [5.41, 5.74) is 1.90. The fraction of sp³-hybridized carbons (Fsp3) is 0.176. The lowest BCUT2D eigenvalue weighted by molar-refractivity contribution is -0.119. The van der Waals surface area contributed by atoms with Crippen molar-refractivity contribution in [3.63, 3.8) is 0 Å². The summed E-state index contributed by atoms with van der Waals surface area (Å²) >= 11 is 5.14. The number of aryl methyl sites for hydroxylation is 1. The highest BCUT2D eigenvalue weighted by atomic mass is 32.1. The van der Waals surface area contributed by atoms with Crippen molar-refractivity contribution < 1.29 is 9.53 Å². The van der Waals surface area contributed by atoms with Crippen molar-refractivity contribution >= 4 is 28.9 Å². The van der Waals surface area contributed by atoms with Crippen LogP contribution >= 0.6 is 12.2 Å². The summed E-state index contributed by atoms with van der Waals surface area (Å²) in [7, 11) is 1.60. The lowest BCUT2D eigenvalue weighted by Gasteiger charge is -2.10. The van der Waals surface area contributed by atoms with E-state index in [1.165, 1.54) is 0 Å². The Labute approximate surface area is 135 Å². The van der Waals surface area contributed by atoms with Crippen LogP contribution in [0.2, 0.25) is 0 Å². The first-order valence-electron chi connectivity index (χ1n) is 6.96. The van der Waals surface area contributed by atoms with Crippen LogP contribution in [0.4, 0.5) is 5.69 Å². The summed E-state index contributed by atoms with van der Waals surface area (Å²) in [5, 5.41) is 5.93. The van der Waals surface area contributed by atoms with Crippen molar-refractivity contribution in [1.82, 2.24) is 5.32 Å². The molecule has 0 unspecified atom stereocenters. The minimum atomic E-state index is -0.107. The van der Waals surface area contributed by atoms with Gasteiger partial charge in [0.15, 0.2) is 5.11 Å². The van der Waals surface area contributed by atoms with Gasteiger partial charge in [0.25, 0.3) is 0 Å². The first-order valence-corrected chi connectivity index (χ1v) is 7.37. The molecule has 5 heteroatoms. The Balaban J connectivity index is 1.79. The van der Waals surface area contributed by atoms with Crippen molar-refractivity contribution in [3.05, 3.63) is 60.2 Å². The Bertz CT molecular complexity index is 644. The van der Waals surface area contributed by atoms with E-state index in [9.17, 15) is 4.79 Å². The first kappa shape index (κ1) is 16.0. The molecule has 2 aromatic rings. The van der Waals surface area contributed by atoms with Gasteiger partial charge < -0.3 is 15.4 Å². The van der Waals surface area contributed by atoms with E-state index in [4.69, 9.17) is 17.0 Å². The van der Waals surface area contributed by atoms with E-state index in [2.05, 4.69) is 10.6 Å². The SMILES string of the molecule is COc1cccc(NC(=S)NC(=O)CCc2ccccc2)c1. The molecule has 114 valence electrons. The van der Waals surface area contributed by atoms with Gasteiger partial charge >= 0.3 is 0 Å². The molecule has 0 spiro atoms. The Morgan fingerprint density at radius 3 is 2.64 bits per heavy atom. The number of thiocarbonyl (C=S) groups is 1. The highest BCUT2D eigenvalue weighted by Crippen LogP contribution is 2.16. The largest absolute Gasteiger partial charge is 0.497 e. The number of anilines is 1. The van der Waals surface area contributed by atoms with E-state index in [1.807, 2.05) is 54.6 Å². The van der Waals surface area contributed by atoms with Gasteiger partial charge in [0.05, 0.1) is 7.11 Å². The third-order valence-electron chi connectivity index (χ3n) is 3.06. The lowest BCUT2D eigenvalue weighted by atomic mass is 10.1. The van der Waals surface area contributed by atoms with Crippen LogP contribution < -0.4 is 15.4 Å². The average Bonchev–Trinajstić information content (AvgIpc) is 2.54. The number of carbonyl (C=O) groups excluding carboxylic acids is 1. The molecule has 2 aromatic carbocycles. The monoisotopic (exact) mass is 314 g/mol. The van der Waals surface area contributed by atoms with Crippen LogP contribution in [0.25, 0.3) is 0 Å². The molecule has 4 nitrogen and oxygen atoms in total. The maximum Gasteiger partial charge on any atom is 0.226 e. The predicted octanol–water partition coefficient (Wildman–Crippen LogP) is 3.14. The smallest absolute Gasteiger partial charge is 0.226 e. The quantitative estimate of drug-likeness (QED) is 0.833. The van der Waals surface area contributed by atoms with Crippen molar-refractivity contribution in [2.75, 3.05) is 12.4 Å². The molecule has 0 saturated carbocycles. The second kappa shape index (κ2) is 8.14. The minimum Gasteiger partial charge on any atom is -0.497 e. The summed E-state index contributed by atoms with van der Waals surface area (Å²) in [4.78, 5) is 11.9. The fourth-order valence-corrected chi connectivity index (χ4v) is 2.19. The zero-order valence-corrected chi connectivity index (χ0v) is 13.2. The first-order chi connectivity index (χ1) is 10.7. The number of amides is 1. The number of benzene rings is 2. The van der Waals surface area contributed by atoms with Crippen molar-refractivity contribution in [2.45, 2.75) is 12.8 Å². The molecule has 0 aromatic heterocycles. The number of carbonyl (C=O) groups is 1. The number of rotatable bonds is 5. The number of ether oxygens (including phenoxy) is 1. The van der Waals surface area contributed by atoms with Crippen LogP contribution in [-0.2, 0) is 11.2 Å². The standard InChI is InChI=1S/C17H18N2O2S/c1-21-15-9-5-8-14(12-15)18-17(22)19-16(20)11-10-13-6-3-2-4-7-13/h2-9,12H,10-11H2,1H3,(H2,18,19,20,22). The molecule has 0 saturated heterocycles. The summed E-state index contributed by atoms with van der Waals surface area (Å²) in [6.45, 7) is 0. The van der Waals surface area contributed by atoms with Gasteiger partial charge in [0.2, 0.25) is 5.91 Å².